The fraction of sp³-hybridized carbons (Fsp3) is 1.00. The number of nitrogens with two attached hydrogens (primary N) is 1. The molecule has 0 spiro atoms. The maximum atomic E-state index is 12.7. The first-order valence-electron chi connectivity index (χ1n) is 3.29. The molecule has 0 heterocycles. The molecular formula is C6H10BrF2N. The first-order valence-corrected chi connectivity index (χ1v) is 4.20. The van der Waals surface area contributed by atoms with Crippen LogP contribution in [0.1, 0.15) is 12.8 Å². The Morgan fingerprint density at radius 1 is 1.20 bits per heavy atom. The van der Waals surface area contributed by atoms with Gasteiger partial charge in [0.2, 0.25) is 0 Å². The van der Waals surface area contributed by atoms with Crippen LogP contribution < -0.4 is 5.73 Å². The van der Waals surface area contributed by atoms with Gasteiger partial charge >= 0.3 is 0 Å². The van der Waals surface area contributed by atoms with Crippen molar-refractivity contribution in [1.29, 1.82) is 0 Å². The molecule has 0 aromatic heterocycles. The minimum absolute atomic E-state index is 0.0584. The fourth-order valence-corrected chi connectivity index (χ4v) is 1.74. The minimum atomic E-state index is -1.16. The summed E-state index contributed by atoms with van der Waals surface area (Å²) in [5.74, 6) is 0. The summed E-state index contributed by atoms with van der Waals surface area (Å²) >= 11 is 3.10. The summed E-state index contributed by atoms with van der Waals surface area (Å²) in [4.78, 5) is -0.255. The van der Waals surface area contributed by atoms with Gasteiger partial charge in [0.25, 0.3) is 0 Å². The summed E-state index contributed by atoms with van der Waals surface area (Å²) < 4.78 is 25.3. The van der Waals surface area contributed by atoms with Gasteiger partial charge in [-0.1, -0.05) is 15.9 Å². The lowest BCUT2D eigenvalue weighted by atomic mass is 9.93. The fourth-order valence-electron chi connectivity index (χ4n) is 1.09. The van der Waals surface area contributed by atoms with Crippen molar-refractivity contribution in [3.63, 3.8) is 0 Å². The number of alkyl halides is 3. The normalized spacial score (nSPS) is 49.2. The molecule has 1 aliphatic rings. The monoisotopic (exact) mass is 213 g/mol. The summed E-state index contributed by atoms with van der Waals surface area (Å²) in [6, 6.07) is -0.489. The summed E-state index contributed by atoms with van der Waals surface area (Å²) in [6.07, 6.45) is -1.90. The molecule has 1 nitrogen and oxygen atoms in total. The molecule has 0 aromatic rings. The summed E-state index contributed by atoms with van der Waals surface area (Å²) in [6.45, 7) is 0. The van der Waals surface area contributed by atoms with E-state index in [-0.39, 0.29) is 11.2 Å². The van der Waals surface area contributed by atoms with E-state index in [4.69, 9.17) is 5.73 Å². The number of halogens is 3. The Morgan fingerprint density at radius 3 is 2.30 bits per heavy atom. The van der Waals surface area contributed by atoms with Gasteiger partial charge in [-0.2, -0.15) is 0 Å². The maximum Gasteiger partial charge on any atom is 0.118 e. The zero-order valence-corrected chi connectivity index (χ0v) is 7.02. The van der Waals surface area contributed by atoms with Crippen molar-refractivity contribution in [2.24, 2.45) is 5.73 Å². The molecule has 1 rings (SSSR count). The third-order valence-electron chi connectivity index (χ3n) is 1.80. The van der Waals surface area contributed by atoms with Crippen LogP contribution in [0.15, 0.2) is 0 Å². The summed E-state index contributed by atoms with van der Waals surface area (Å²) in [5.41, 5.74) is 5.36. The van der Waals surface area contributed by atoms with E-state index in [9.17, 15) is 8.78 Å². The predicted octanol–water partition coefficient (Wildman–Crippen LogP) is 1.55. The predicted molar refractivity (Wildman–Crippen MR) is 39.7 cm³/mol. The quantitative estimate of drug-likeness (QED) is 0.608. The molecule has 2 N–H and O–H groups in total. The van der Waals surface area contributed by atoms with Gasteiger partial charge in [0.1, 0.15) is 12.3 Å². The van der Waals surface area contributed by atoms with E-state index in [2.05, 4.69) is 15.9 Å². The van der Waals surface area contributed by atoms with E-state index in [1.54, 1.807) is 0 Å². The molecule has 4 atom stereocenters. The van der Waals surface area contributed by atoms with E-state index in [0.29, 0.717) is 6.42 Å². The Hall–Kier alpha value is 0.300. The zero-order valence-electron chi connectivity index (χ0n) is 5.43. The lowest BCUT2D eigenvalue weighted by molar-refractivity contribution is 0.146. The van der Waals surface area contributed by atoms with Crippen LogP contribution in [-0.4, -0.2) is 23.2 Å². The summed E-state index contributed by atoms with van der Waals surface area (Å²) in [7, 11) is 0. The highest BCUT2D eigenvalue weighted by Crippen LogP contribution is 2.28. The first-order chi connectivity index (χ1) is 4.61. The van der Waals surface area contributed by atoms with E-state index in [1.807, 2.05) is 0 Å². The Bertz CT molecular complexity index is 96.3. The Morgan fingerprint density at radius 2 is 1.80 bits per heavy atom. The molecule has 4 heteroatoms. The van der Waals surface area contributed by atoms with Gasteiger partial charge in [-0.15, -0.1) is 0 Å². The second kappa shape index (κ2) is 3.13. The van der Waals surface area contributed by atoms with Gasteiger partial charge < -0.3 is 5.73 Å². The van der Waals surface area contributed by atoms with E-state index < -0.39 is 18.4 Å². The zero-order chi connectivity index (χ0) is 7.72. The van der Waals surface area contributed by atoms with Crippen LogP contribution >= 0.6 is 15.9 Å². The van der Waals surface area contributed by atoms with Gasteiger partial charge in [0.05, 0.1) is 0 Å². The highest BCUT2D eigenvalue weighted by atomic mass is 79.9. The van der Waals surface area contributed by atoms with Crippen LogP contribution in [-0.2, 0) is 0 Å². The Kier molecular flexibility index (Phi) is 2.63. The van der Waals surface area contributed by atoms with E-state index in [1.165, 1.54) is 0 Å². The largest absolute Gasteiger partial charge is 0.325 e. The number of hydrogen-bond acceptors (Lipinski definition) is 1. The van der Waals surface area contributed by atoms with Crippen molar-refractivity contribution in [2.75, 3.05) is 0 Å². The van der Waals surface area contributed by atoms with Gasteiger partial charge in [-0.25, -0.2) is 8.78 Å². The van der Waals surface area contributed by atoms with Gasteiger partial charge in [-0.3, -0.25) is 0 Å². The first kappa shape index (κ1) is 8.40. The van der Waals surface area contributed by atoms with Crippen LogP contribution in [0, 0.1) is 0 Å². The Balaban J connectivity index is 2.46. The van der Waals surface area contributed by atoms with Crippen molar-refractivity contribution in [3.8, 4) is 0 Å². The maximum absolute atomic E-state index is 12.7. The van der Waals surface area contributed by atoms with Crippen LogP contribution in [0.4, 0.5) is 8.78 Å². The molecule has 60 valence electrons. The molecule has 0 radical (unpaired) electrons. The third kappa shape index (κ3) is 1.66. The van der Waals surface area contributed by atoms with E-state index >= 15 is 0 Å². The van der Waals surface area contributed by atoms with Crippen LogP contribution in [0.25, 0.3) is 0 Å². The van der Waals surface area contributed by atoms with Crippen molar-refractivity contribution < 1.29 is 8.78 Å². The van der Waals surface area contributed by atoms with E-state index in [0.717, 1.165) is 0 Å². The van der Waals surface area contributed by atoms with Crippen molar-refractivity contribution >= 4 is 15.9 Å². The average Bonchev–Trinajstić information content (AvgIpc) is 1.84. The topological polar surface area (TPSA) is 26.0 Å². The molecule has 0 aliphatic heterocycles. The van der Waals surface area contributed by atoms with Crippen LogP contribution in [0.5, 0.6) is 0 Å². The highest BCUT2D eigenvalue weighted by Gasteiger charge is 2.33. The molecule has 1 fully saturated rings. The minimum Gasteiger partial charge on any atom is -0.325 e. The molecule has 0 aromatic carbocycles. The SMILES string of the molecule is NC1CC(Br)C(F)CC1F. The molecular weight excluding hydrogens is 204 g/mol. The molecule has 1 aliphatic carbocycles. The third-order valence-corrected chi connectivity index (χ3v) is 2.75. The molecule has 0 bridgehead atoms. The molecule has 10 heavy (non-hydrogen) atoms. The highest BCUT2D eigenvalue weighted by molar-refractivity contribution is 9.09. The van der Waals surface area contributed by atoms with Crippen molar-refractivity contribution in [1.82, 2.24) is 0 Å². The smallest absolute Gasteiger partial charge is 0.118 e. The van der Waals surface area contributed by atoms with Crippen LogP contribution in [0.2, 0.25) is 0 Å². The molecule has 0 saturated heterocycles. The van der Waals surface area contributed by atoms with Crippen molar-refractivity contribution in [3.05, 3.63) is 0 Å². The summed E-state index contributed by atoms with van der Waals surface area (Å²) in [5, 5.41) is 0. The van der Waals surface area contributed by atoms with Gasteiger partial charge in [0.15, 0.2) is 0 Å². The Labute approximate surface area is 67.1 Å². The van der Waals surface area contributed by atoms with Crippen molar-refractivity contribution in [2.45, 2.75) is 36.1 Å². The average molecular weight is 214 g/mol. The second-order valence-corrected chi connectivity index (χ2v) is 3.86. The number of hydrogen-bond donors (Lipinski definition) is 1. The molecule has 0 amide bonds. The molecule has 4 unspecified atom stereocenters. The van der Waals surface area contributed by atoms with Gasteiger partial charge in [0, 0.05) is 17.3 Å². The lowest BCUT2D eigenvalue weighted by Gasteiger charge is -2.28. The molecule has 1 saturated carbocycles. The second-order valence-electron chi connectivity index (χ2n) is 2.68. The number of rotatable bonds is 0. The van der Waals surface area contributed by atoms with Crippen LogP contribution in [0.3, 0.4) is 0 Å². The standard InChI is InChI=1S/C6H10BrF2N/c7-3-1-6(10)5(9)2-4(3)8/h3-6H,1-2,10H2. The van der Waals surface area contributed by atoms with Gasteiger partial charge in [-0.05, 0) is 6.42 Å². The lowest BCUT2D eigenvalue weighted by Crippen LogP contribution is -2.43.